The number of imidazole rings is 1. The number of amides is 2. The molecule has 40 heavy (non-hydrogen) atoms. The molecule has 2 amide bonds. The molecule has 5 aromatic heterocycles. The fourth-order valence-electron chi connectivity index (χ4n) is 4.71. The summed E-state index contributed by atoms with van der Waals surface area (Å²) in [7, 11) is 0. The van der Waals surface area contributed by atoms with E-state index in [0.717, 1.165) is 48.5 Å². The normalized spacial score (nSPS) is 13.7. The fraction of sp³-hybridized carbons (Fsp3) is 0.222. The quantitative estimate of drug-likeness (QED) is 0.247. The number of alkyl halides is 2. The first kappa shape index (κ1) is 25.4. The Labute approximate surface area is 226 Å². The van der Waals surface area contributed by atoms with Crippen LogP contribution < -0.4 is 20.9 Å². The highest BCUT2D eigenvalue weighted by molar-refractivity contribution is 6.06. The van der Waals surface area contributed by atoms with E-state index in [9.17, 15) is 18.4 Å². The molecule has 6 rings (SSSR count). The summed E-state index contributed by atoms with van der Waals surface area (Å²) < 4.78 is 26.7. The molecule has 13 heteroatoms. The Hall–Kier alpha value is -4.91. The van der Waals surface area contributed by atoms with E-state index >= 15 is 0 Å². The molecular weight excluding hydrogens is 520 g/mol. The van der Waals surface area contributed by atoms with Crippen molar-refractivity contribution in [1.29, 1.82) is 0 Å². The van der Waals surface area contributed by atoms with Gasteiger partial charge in [-0.3, -0.25) is 14.0 Å². The zero-order chi connectivity index (χ0) is 27.6. The Bertz CT molecular complexity index is 1710. The van der Waals surface area contributed by atoms with Crippen molar-refractivity contribution in [3.8, 4) is 11.1 Å². The minimum Gasteiger partial charge on any atom is -0.354 e. The number of carbonyl (C=O) groups is 2. The van der Waals surface area contributed by atoms with Crippen molar-refractivity contribution in [3.05, 3.63) is 72.6 Å². The number of pyridine rings is 3. The number of hydrogen-bond acceptors (Lipinski definition) is 7. The molecule has 0 aromatic carbocycles. The molecule has 0 atom stereocenters. The molecule has 0 bridgehead atoms. The van der Waals surface area contributed by atoms with Crippen molar-refractivity contribution < 1.29 is 18.4 Å². The second-order valence-corrected chi connectivity index (χ2v) is 9.31. The number of H-pyrrole nitrogens is 1. The third-order valence-corrected chi connectivity index (χ3v) is 6.70. The summed E-state index contributed by atoms with van der Waals surface area (Å²) >= 11 is 0. The predicted octanol–water partition coefficient (Wildman–Crippen LogP) is 2.93. The number of nitrogens with one attached hydrogen (secondary N) is 4. The highest BCUT2D eigenvalue weighted by Gasteiger charge is 2.17. The fourth-order valence-corrected chi connectivity index (χ4v) is 4.71. The van der Waals surface area contributed by atoms with Gasteiger partial charge in [-0.25, -0.2) is 23.7 Å². The van der Waals surface area contributed by atoms with Crippen LogP contribution in [-0.4, -0.2) is 75.3 Å². The first-order valence-corrected chi connectivity index (χ1v) is 12.7. The number of piperazine rings is 1. The summed E-state index contributed by atoms with van der Waals surface area (Å²) in [6.07, 6.45) is 5.38. The number of aromatic nitrogens is 5. The standard InChI is InChI=1S/C27H25F2N9O2/c28-22(29)14-35-27(40)21-13-32-23-2-1-17(15-38(21)23)20-12-34-25-19(20)10-18(11-33-25)36-26(39)16-3-4-31-24(9-16)37-7-5-30-6-8-37/h1-4,9-13,15,22,30H,5-8,14H2,(H,33,34)(H,35,40)(H,36,39). The molecule has 1 aliphatic heterocycles. The monoisotopic (exact) mass is 545 g/mol. The molecule has 204 valence electrons. The Morgan fingerprint density at radius 1 is 1.02 bits per heavy atom. The number of nitrogens with zero attached hydrogens (tertiary/aromatic N) is 5. The van der Waals surface area contributed by atoms with Gasteiger partial charge in [0.25, 0.3) is 18.2 Å². The average molecular weight is 546 g/mol. The van der Waals surface area contributed by atoms with E-state index in [-0.39, 0.29) is 11.6 Å². The third kappa shape index (κ3) is 5.06. The van der Waals surface area contributed by atoms with Crippen LogP contribution >= 0.6 is 0 Å². The lowest BCUT2D eigenvalue weighted by Gasteiger charge is -2.28. The van der Waals surface area contributed by atoms with E-state index < -0.39 is 18.9 Å². The summed E-state index contributed by atoms with van der Waals surface area (Å²) in [5.41, 5.74) is 3.75. The van der Waals surface area contributed by atoms with Gasteiger partial charge in [-0.2, -0.15) is 0 Å². The lowest BCUT2D eigenvalue weighted by Crippen LogP contribution is -2.43. The molecule has 0 radical (unpaired) electrons. The third-order valence-electron chi connectivity index (χ3n) is 6.70. The van der Waals surface area contributed by atoms with Crippen LogP contribution in [0.25, 0.3) is 27.8 Å². The van der Waals surface area contributed by atoms with Gasteiger partial charge in [-0.1, -0.05) is 0 Å². The van der Waals surface area contributed by atoms with Gasteiger partial charge in [0, 0.05) is 66.8 Å². The Balaban J connectivity index is 1.26. The molecule has 0 unspecified atom stereocenters. The van der Waals surface area contributed by atoms with E-state index in [0.29, 0.717) is 22.5 Å². The first-order chi connectivity index (χ1) is 19.5. The highest BCUT2D eigenvalue weighted by atomic mass is 19.3. The zero-order valence-electron chi connectivity index (χ0n) is 21.2. The Morgan fingerprint density at radius 3 is 2.70 bits per heavy atom. The molecule has 1 aliphatic rings. The van der Waals surface area contributed by atoms with E-state index in [4.69, 9.17) is 0 Å². The van der Waals surface area contributed by atoms with Crippen molar-refractivity contribution in [2.24, 2.45) is 0 Å². The Kier molecular flexibility index (Phi) is 6.78. The summed E-state index contributed by atoms with van der Waals surface area (Å²) in [6.45, 7) is 2.63. The van der Waals surface area contributed by atoms with Crippen LogP contribution in [-0.2, 0) is 0 Å². The number of rotatable bonds is 7. The van der Waals surface area contributed by atoms with Gasteiger partial charge < -0.3 is 25.8 Å². The van der Waals surface area contributed by atoms with Crippen molar-refractivity contribution in [2.75, 3.05) is 42.9 Å². The number of aromatic amines is 1. The van der Waals surface area contributed by atoms with E-state index in [2.05, 4.69) is 40.8 Å². The maximum absolute atomic E-state index is 13.1. The predicted molar refractivity (Wildman–Crippen MR) is 146 cm³/mol. The molecule has 0 spiro atoms. The van der Waals surface area contributed by atoms with Gasteiger partial charge in [-0.05, 0) is 30.3 Å². The van der Waals surface area contributed by atoms with E-state index in [1.165, 1.54) is 6.20 Å². The minimum absolute atomic E-state index is 0.140. The lowest BCUT2D eigenvalue weighted by molar-refractivity contribution is 0.0886. The SMILES string of the molecule is O=C(Nc1cnc2[nH]cc(-c3ccc4ncc(C(=O)NCC(F)F)n4c3)c2c1)c1ccnc(N2CCNCC2)c1. The molecular formula is C27H25F2N9O2. The smallest absolute Gasteiger partial charge is 0.270 e. The van der Waals surface area contributed by atoms with Crippen LogP contribution in [0.1, 0.15) is 20.8 Å². The van der Waals surface area contributed by atoms with Crippen LogP contribution in [0.4, 0.5) is 20.3 Å². The van der Waals surface area contributed by atoms with Crippen LogP contribution in [0.5, 0.6) is 0 Å². The van der Waals surface area contributed by atoms with Crippen molar-refractivity contribution >= 4 is 40.0 Å². The molecule has 11 nitrogen and oxygen atoms in total. The van der Waals surface area contributed by atoms with Crippen molar-refractivity contribution in [2.45, 2.75) is 6.43 Å². The van der Waals surface area contributed by atoms with Crippen molar-refractivity contribution in [3.63, 3.8) is 0 Å². The summed E-state index contributed by atoms with van der Waals surface area (Å²) in [6, 6.07) is 8.84. The van der Waals surface area contributed by atoms with Crippen LogP contribution in [0.3, 0.4) is 0 Å². The number of anilines is 2. The first-order valence-electron chi connectivity index (χ1n) is 12.7. The number of halogens is 2. The molecule has 0 aliphatic carbocycles. The maximum Gasteiger partial charge on any atom is 0.270 e. The van der Waals surface area contributed by atoms with Gasteiger partial charge in [0.1, 0.15) is 22.8 Å². The number of fused-ring (bicyclic) bond motifs is 2. The second-order valence-electron chi connectivity index (χ2n) is 9.31. The van der Waals surface area contributed by atoms with Crippen LogP contribution in [0.2, 0.25) is 0 Å². The van der Waals surface area contributed by atoms with E-state index in [1.54, 1.807) is 47.4 Å². The van der Waals surface area contributed by atoms with Gasteiger partial charge in [0.05, 0.1) is 24.6 Å². The van der Waals surface area contributed by atoms with E-state index in [1.807, 2.05) is 12.1 Å². The maximum atomic E-state index is 13.1. The average Bonchev–Trinajstić information content (AvgIpc) is 3.60. The summed E-state index contributed by atoms with van der Waals surface area (Å²) in [4.78, 5) is 43.9. The highest BCUT2D eigenvalue weighted by Crippen LogP contribution is 2.30. The molecule has 1 saturated heterocycles. The minimum atomic E-state index is -2.65. The van der Waals surface area contributed by atoms with Gasteiger partial charge in [-0.15, -0.1) is 0 Å². The topological polar surface area (TPSA) is 132 Å². The van der Waals surface area contributed by atoms with Crippen LogP contribution in [0, 0.1) is 0 Å². The molecule has 0 saturated carbocycles. The number of carbonyl (C=O) groups excluding carboxylic acids is 2. The van der Waals surface area contributed by atoms with Gasteiger partial charge in [0.15, 0.2) is 0 Å². The largest absolute Gasteiger partial charge is 0.354 e. The van der Waals surface area contributed by atoms with Crippen LogP contribution in [0.15, 0.2) is 61.3 Å². The molecule has 5 aromatic rings. The summed E-state index contributed by atoms with van der Waals surface area (Å²) in [5.74, 6) is -0.170. The zero-order valence-corrected chi connectivity index (χ0v) is 21.2. The lowest BCUT2D eigenvalue weighted by atomic mass is 10.1. The van der Waals surface area contributed by atoms with Crippen molar-refractivity contribution in [1.82, 2.24) is 35.0 Å². The second kappa shape index (κ2) is 10.7. The van der Waals surface area contributed by atoms with Gasteiger partial charge >= 0.3 is 0 Å². The molecule has 6 heterocycles. The summed E-state index contributed by atoms with van der Waals surface area (Å²) in [5, 5.41) is 9.17. The van der Waals surface area contributed by atoms with Gasteiger partial charge in [0.2, 0.25) is 0 Å². The molecule has 1 fully saturated rings. The molecule has 4 N–H and O–H groups in total. The number of hydrogen-bond donors (Lipinski definition) is 4. The Morgan fingerprint density at radius 2 is 1.88 bits per heavy atom.